The molecule has 128 valence electrons. The highest BCUT2D eigenvalue weighted by molar-refractivity contribution is 6.68. The van der Waals surface area contributed by atoms with E-state index in [0.29, 0.717) is 0 Å². The van der Waals surface area contributed by atoms with Crippen molar-refractivity contribution in [2.75, 3.05) is 0 Å². The van der Waals surface area contributed by atoms with E-state index in [1.807, 2.05) is 0 Å². The van der Waals surface area contributed by atoms with Gasteiger partial charge in [0.05, 0.1) is 11.1 Å². The first-order valence-electron chi connectivity index (χ1n) is 6.44. The third-order valence-corrected chi connectivity index (χ3v) is 3.56. The molecule has 0 radical (unpaired) electrons. The topological polar surface area (TPSA) is 39.2 Å². The monoisotopic (exact) mass is 397 g/mol. The molecule has 0 amide bonds. The molecule has 9 heteroatoms. The summed E-state index contributed by atoms with van der Waals surface area (Å²) in [5.41, 5.74) is -1.58. The Morgan fingerprint density at radius 1 is 1.08 bits per heavy atom. The molecule has 1 aromatic carbocycles. The molecule has 1 aromatic heterocycles. The van der Waals surface area contributed by atoms with Crippen LogP contribution in [0.15, 0.2) is 48.8 Å². The van der Waals surface area contributed by atoms with Crippen LogP contribution in [0.5, 0.6) is 0 Å². The minimum atomic E-state index is -4.72. The molecule has 0 aliphatic rings. The Kier molecular flexibility index (Phi) is 5.63. The Balaban J connectivity index is 2.37. The van der Waals surface area contributed by atoms with Gasteiger partial charge in [0.15, 0.2) is 6.10 Å². The number of alkyl halides is 6. The number of ether oxygens (including phenoxy) is 1. The van der Waals surface area contributed by atoms with Crippen LogP contribution in [0.25, 0.3) is 0 Å². The van der Waals surface area contributed by atoms with Gasteiger partial charge < -0.3 is 4.74 Å². The Labute approximate surface area is 150 Å². The van der Waals surface area contributed by atoms with E-state index in [2.05, 4.69) is 4.98 Å². The molecule has 3 nitrogen and oxygen atoms in total. The van der Waals surface area contributed by atoms with Gasteiger partial charge in [0.2, 0.25) is 3.79 Å². The highest BCUT2D eigenvalue weighted by Gasteiger charge is 2.40. The van der Waals surface area contributed by atoms with Crippen LogP contribution in [0.3, 0.4) is 0 Å². The second kappa shape index (κ2) is 7.17. The fourth-order valence-electron chi connectivity index (χ4n) is 1.93. The van der Waals surface area contributed by atoms with Gasteiger partial charge in [-0.1, -0.05) is 53.0 Å². The molecule has 0 aliphatic carbocycles. The molecule has 1 atom stereocenters. The van der Waals surface area contributed by atoms with E-state index in [1.54, 1.807) is 0 Å². The minimum Gasteiger partial charge on any atom is -0.449 e. The molecule has 0 bridgehead atoms. The first-order valence-corrected chi connectivity index (χ1v) is 7.58. The van der Waals surface area contributed by atoms with Gasteiger partial charge in [-0.2, -0.15) is 13.2 Å². The van der Waals surface area contributed by atoms with Crippen molar-refractivity contribution < 1.29 is 22.7 Å². The normalized spacial score (nSPS) is 13.4. The lowest BCUT2D eigenvalue weighted by molar-refractivity contribution is -0.138. The molecular formula is C15H9Cl3F3NO2. The average Bonchev–Trinajstić information content (AvgIpc) is 2.51. The van der Waals surface area contributed by atoms with Crippen LogP contribution >= 0.6 is 34.8 Å². The molecule has 0 fully saturated rings. The zero-order valence-electron chi connectivity index (χ0n) is 11.7. The summed E-state index contributed by atoms with van der Waals surface area (Å²) in [7, 11) is 0. The molecule has 0 saturated carbocycles. The van der Waals surface area contributed by atoms with Gasteiger partial charge in [0.25, 0.3) is 0 Å². The number of halogens is 6. The van der Waals surface area contributed by atoms with Crippen LogP contribution in [0.1, 0.15) is 27.6 Å². The molecule has 0 aliphatic heterocycles. The zero-order chi connectivity index (χ0) is 18.0. The number of hydrogen-bond donors (Lipinski definition) is 0. The van der Waals surface area contributed by atoms with E-state index >= 15 is 0 Å². The summed E-state index contributed by atoms with van der Waals surface area (Å²) >= 11 is 17.4. The minimum absolute atomic E-state index is 0.232. The molecule has 1 heterocycles. The average molecular weight is 399 g/mol. The number of rotatable bonds is 3. The number of aromatic nitrogens is 1. The van der Waals surface area contributed by atoms with E-state index < -0.39 is 33.2 Å². The van der Waals surface area contributed by atoms with Crippen molar-refractivity contribution in [1.29, 1.82) is 0 Å². The van der Waals surface area contributed by atoms with Gasteiger partial charge in [-0.3, -0.25) is 4.98 Å². The molecule has 2 rings (SSSR count). The maximum Gasteiger partial charge on any atom is 0.417 e. The van der Waals surface area contributed by atoms with Crippen LogP contribution in [0, 0.1) is 0 Å². The Morgan fingerprint density at radius 2 is 1.75 bits per heavy atom. The molecular weight excluding hydrogens is 390 g/mol. The van der Waals surface area contributed by atoms with Crippen molar-refractivity contribution in [3.05, 3.63) is 65.5 Å². The third-order valence-electron chi connectivity index (χ3n) is 2.96. The van der Waals surface area contributed by atoms with Crippen LogP contribution in [-0.2, 0) is 10.9 Å². The van der Waals surface area contributed by atoms with Gasteiger partial charge in [-0.05, 0) is 18.2 Å². The van der Waals surface area contributed by atoms with Crippen molar-refractivity contribution in [2.45, 2.75) is 16.1 Å². The molecule has 0 saturated heterocycles. The summed E-state index contributed by atoms with van der Waals surface area (Å²) in [4.78, 5) is 16.0. The number of hydrogen-bond acceptors (Lipinski definition) is 3. The van der Waals surface area contributed by atoms with Crippen LogP contribution in [0.4, 0.5) is 13.2 Å². The number of esters is 1. The quantitative estimate of drug-likeness (QED) is 0.515. The highest BCUT2D eigenvalue weighted by Crippen LogP contribution is 2.43. The Bertz CT molecular complexity index is 718. The van der Waals surface area contributed by atoms with Gasteiger partial charge in [-0.25, -0.2) is 4.79 Å². The van der Waals surface area contributed by atoms with E-state index in [-0.39, 0.29) is 5.56 Å². The number of carbonyl (C=O) groups excluding carboxylic acids is 1. The number of benzene rings is 1. The first-order chi connectivity index (χ1) is 11.1. The predicted molar refractivity (Wildman–Crippen MR) is 84.1 cm³/mol. The van der Waals surface area contributed by atoms with Crippen molar-refractivity contribution >= 4 is 40.8 Å². The third kappa shape index (κ3) is 4.53. The molecule has 0 spiro atoms. The lowest BCUT2D eigenvalue weighted by Crippen LogP contribution is -2.25. The number of nitrogens with zero attached hydrogens (tertiary/aromatic N) is 1. The summed E-state index contributed by atoms with van der Waals surface area (Å²) in [5, 5.41) is 0. The highest BCUT2D eigenvalue weighted by atomic mass is 35.6. The fraction of sp³-hybridized carbons (Fsp3) is 0.200. The molecule has 2 aromatic rings. The van der Waals surface area contributed by atoms with Crippen molar-refractivity contribution in [1.82, 2.24) is 4.98 Å². The Morgan fingerprint density at radius 3 is 2.29 bits per heavy atom. The van der Waals surface area contributed by atoms with Crippen LogP contribution in [0.2, 0.25) is 0 Å². The van der Waals surface area contributed by atoms with E-state index in [4.69, 9.17) is 39.5 Å². The van der Waals surface area contributed by atoms with Crippen LogP contribution < -0.4 is 0 Å². The summed E-state index contributed by atoms with van der Waals surface area (Å²) in [6.45, 7) is 0. The van der Waals surface area contributed by atoms with Gasteiger partial charge in [0, 0.05) is 18.0 Å². The fourth-order valence-corrected chi connectivity index (χ4v) is 2.45. The second-order valence-corrected chi connectivity index (χ2v) is 7.03. The van der Waals surface area contributed by atoms with E-state index in [1.165, 1.54) is 30.6 Å². The summed E-state index contributed by atoms with van der Waals surface area (Å²) < 4.78 is 42.0. The van der Waals surface area contributed by atoms with Crippen LogP contribution in [-0.4, -0.2) is 14.7 Å². The Hall–Kier alpha value is -1.50. The maximum atomic E-state index is 13.0. The van der Waals surface area contributed by atoms with E-state index in [0.717, 1.165) is 18.2 Å². The standard InChI is InChI=1S/C15H9Cl3F3NO2/c16-14(17,18)12(9-4-3-7-22-8-9)24-13(23)10-5-1-2-6-11(10)15(19,20)21/h1-8,12H. The van der Waals surface area contributed by atoms with E-state index in [9.17, 15) is 18.0 Å². The first kappa shape index (κ1) is 18.8. The largest absolute Gasteiger partial charge is 0.449 e. The molecule has 1 unspecified atom stereocenters. The van der Waals surface area contributed by atoms with Gasteiger partial charge >= 0.3 is 12.1 Å². The van der Waals surface area contributed by atoms with Gasteiger partial charge in [-0.15, -0.1) is 0 Å². The van der Waals surface area contributed by atoms with Gasteiger partial charge in [0.1, 0.15) is 0 Å². The maximum absolute atomic E-state index is 13.0. The summed E-state index contributed by atoms with van der Waals surface area (Å²) in [6.07, 6.45) is -3.42. The lowest BCUT2D eigenvalue weighted by Gasteiger charge is -2.25. The van der Waals surface area contributed by atoms with Crippen molar-refractivity contribution in [2.24, 2.45) is 0 Å². The smallest absolute Gasteiger partial charge is 0.417 e. The molecule has 24 heavy (non-hydrogen) atoms. The zero-order valence-corrected chi connectivity index (χ0v) is 14.0. The second-order valence-electron chi connectivity index (χ2n) is 4.66. The van der Waals surface area contributed by atoms with Crippen molar-refractivity contribution in [3.8, 4) is 0 Å². The summed E-state index contributed by atoms with van der Waals surface area (Å²) in [5.74, 6) is -1.26. The number of carbonyl (C=O) groups is 1. The van der Waals surface area contributed by atoms with Crippen molar-refractivity contribution in [3.63, 3.8) is 0 Å². The number of pyridine rings is 1. The molecule has 0 N–H and O–H groups in total. The SMILES string of the molecule is O=C(OC(c1cccnc1)C(Cl)(Cl)Cl)c1ccccc1C(F)(F)F. The lowest BCUT2D eigenvalue weighted by atomic mass is 10.1. The summed E-state index contributed by atoms with van der Waals surface area (Å²) in [6, 6.07) is 7.18. The predicted octanol–water partition coefficient (Wildman–Crippen LogP) is 5.37.